The zero-order valence-corrected chi connectivity index (χ0v) is 37.3. The summed E-state index contributed by atoms with van der Waals surface area (Å²) < 4.78 is 46.5. The number of aliphatic hydroxyl groups excluding tert-OH is 1. The minimum Gasteiger partial charge on any atom is -0.458 e. The van der Waals surface area contributed by atoms with E-state index in [0.717, 1.165) is 5.56 Å². The average molecular weight is 860 g/mol. The molecule has 18 heteroatoms. The maximum absolute atomic E-state index is 14.7. The van der Waals surface area contributed by atoms with Crippen LogP contribution in [0.1, 0.15) is 87.5 Å². The predicted octanol–water partition coefficient (Wildman–Crippen LogP) is 4.25. The number of aliphatic hydroxyl groups is 1. The molecule has 0 aliphatic carbocycles. The summed E-state index contributed by atoms with van der Waals surface area (Å²) in [5.74, 6) is -5.14. The molecule has 340 valence electrons. The maximum Gasteiger partial charge on any atom is 0.410 e. The fourth-order valence-electron chi connectivity index (χ4n) is 9.61. The fourth-order valence-corrected chi connectivity index (χ4v) is 9.61. The Morgan fingerprint density at radius 3 is 2.33 bits per heavy atom. The third-order valence-corrected chi connectivity index (χ3v) is 13.2. The molecule has 0 radical (unpaired) electrons. The summed E-state index contributed by atoms with van der Waals surface area (Å²) in [6.07, 6.45) is 3.11. The molecule has 2 aromatic heterocycles. The number of unbranched alkanes of at least 4 members (excludes halogenated alkanes) is 1. The van der Waals surface area contributed by atoms with Crippen molar-refractivity contribution in [1.29, 1.82) is 0 Å². The number of anilines is 1. The molecule has 2 aromatic rings. The second kappa shape index (κ2) is 19.9. The van der Waals surface area contributed by atoms with E-state index in [-0.39, 0.29) is 43.8 Å². The summed E-state index contributed by atoms with van der Waals surface area (Å²) in [5.41, 5.74) is 4.26. The normalized spacial score (nSPS) is 35.5. The summed E-state index contributed by atoms with van der Waals surface area (Å²) in [4.78, 5) is 72.8. The third kappa shape index (κ3) is 10.2. The summed E-state index contributed by atoms with van der Waals surface area (Å²) in [5, 5.41) is 11.5. The molecule has 3 saturated heterocycles. The van der Waals surface area contributed by atoms with Crippen LogP contribution in [0.4, 0.5) is 15.1 Å². The average Bonchev–Trinajstić information content (AvgIpc) is 3.81. The molecule has 1 amide bonds. The highest BCUT2D eigenvalue weighted by molar-refractivity contribution is 6.00. The molecule has 61 heavy (non-hydrogen) atoms. The van der Waals surface area contributed by atoms with Crippen LogP contribution < -0.4 is 5.73 Å². The highest BCUT2D eigenvalue weighted by atomic mass is 19.1. The number of halogens is 1. The molecule has 0 unspecified atom stereocenters. The van der Waals surface area contributed by atoms with E-state index < -0.39 is 96.1 Å². The highest BCUT2D eigenvalue weighted by Crippen LogP contribution is 2.43. The van der Waals surface area contributed by atoms with E-state index in [2.05, 4.69) is 15.0 Å². The van der Waals surface area contributed by atoms with Crippen molar-refractivity contribution >= 4 is 29.6 Å². The summed E-state index contributed by atoms with van der Waals surface area (Å²) in [6.45, 7) is 14.0. The topological polar surface area (TPSA) is 211 Å². The molecule has 0 saturated carbocycles. The summed E-state index contributed by atoms with van der Waals surface area (Å²) in [6, 6.07) is -1.34. The number of esters is 1. The number of nitrogens with zero attached hydrogens (tertiary/aromatic N) is 6. The lowest BCUT2D eigenvalue weighted by molar-refractivity contribution is -0.296. The largest absolute Gasteiger partial charge is 0.458 e. The molecule has 3 N–H and O–H groups in total. The number of rotatable bonds is 13. The van der Waals surface area contributed by atoms with E-state index in [4.69, 9.17) is 29.4 Å². The number of Topliss-reactive ketones (excluding diaryl/α,β-unsaturated/α-hetero) is 2. The van der Waals surface area contributed by atoms with Crippen molar-refractivity contribution in [3.05, 3.63) is 24.9 Å². The van der Waals surface area contributed by atoms with Crippen molar-refractivity contribution in [3.8, 4) is 11.3 Å². The number of fused-ring (bicyclic) bond motifs is 1. The molecule has 17 nitrogen and oxygen atoms in total. The second-order valence-electron chi connectivity index (χ2n) is 17.6. The number of nitrogens with two attached hydrogens (primary N) is 1. The van der Waals surface area contributed by atoms with Gasteiger partial charge in [0.05, 0.1) is 35.9 Å². The Bertz CT molecular complexity index is 1840. The molecular formula is C43H66FN7O10. The number of cyclic esters (lactones) is 1. The van der Waals surface area contributed by atoms with Gasteiger partial charge in [0.2, 0.25) is 5.95 Å². The second-order valence-corrected chi connectivity index (χ2v) is 17.6. The van der Waals surface area contributed by atoms with Gasteiger partial charge in [0.1, 0.15) is 30.6 Å². The van der Waals surface area contributed by atoms with E-state index in [0.29, 0.717) is 31.5 Å². The van der Waals surface area contributed by atoms with Crippen LogP contribution in [0.15, 0.2) is 24.9 Å². The number of aryl methyl sites for hydroxylation is 1. The molecule has 0 spiro atoms. The Balaban J connectivity index is 1.42. The minimum atomic E-state index is -1.44. The number of alkyl halides is 1. The first-order valence-electron chi connectivity index (χ1n) is 21.5. The number of nitrogen functional groups attached to an aromatic ring is 1. The lowest BCUT2D eigenvalue weighted by Crippen LogP contribution is -2.60. The van der Waals surface area contributed by atoms with Crippen molar-refractivity contribution in [3.63, 3.8) is 0 Å². The molecule has 5 rings (SSSR count). The number of ether oxygens (including phenoxy) is 5. The van der Waals surface area contributed by atoms with Gasteiger partial charge >= 0.3 is 12.1 Å². The number of hydrogen-bond donors (Lipinski definition) is 2. The first-order chi connectivity index (χ1) is 28.8. The Morgan fingerprint density at radius 2 is 1.69 bits per heavy atom. The molecule has 0 bridgehead atoms. The quantitative estimate of drug-likeness (QED) is 0.164. The first-order valence-corrected chi connectivity index (χ1v) is 21.5. The SMILES string of the molecule is CC[C@H]1OC(=O)[C@H](C)C(=O)[C@H](C)[C@@H](O[C@@H]2O[C@H](C)C[C@H](N(C)CCF)[C@H]2O)[C@](C)(OC)C[C@@H](C)C(=O)[C@H](C)[C@@H]2N(CCCCn3cnc(-c4cnc(N)nc4)c3)C(=O)O[C@@]21C. The van der Waals surface area contributed by atoms with Crippen LogP contribution in [-0.4, -0.2) is 146 Å². The van der Waals surface area contributed by atoms with Crippen molar-refractivity contribution in [2.45, 2.75) is 148 Å². The fraction of sp³-hybridized carbons (Fsp3) is 0.744. The Morgan fingerprint density at radius 1 is 1.02 bits per heavy atom. The van der Waals surface area contributed by atoms with Gasteiger partial charge in [-0.05, 0) is 66.8 Å². The Kier molecular flexibility index (Phi) is 15.7. The summed E-state index contributed by atoms with van der Waals surface area (Å²) >= 11 is 0. The van der Waals surface area contributed by atoms with Crippen LogP contribution in [0.2, 0.25) is 0 Å². The van der Waals surface area contributed by atoms with Gasteiger partial charge in [-0.25, -0.2) is 24.1 Å². The number of imidazole rings is 1. The maximum atomic E-state index is 14.7. The van der Waals surface area contributed by atoms with E-state index >= 15 is 0 Å². The number of hydrogen-bond acceptors (Lipinski definition) is 15. The lowest BCUT2D eigenvalue weighted by Gasteiger charge is -2.47. The molecular weight excluding hydrogens is 794 g/mol. The van der Waals surface area contributed by atoms with Gasteiger partial charge in [0, 0.05) is 74.7 Å². The van der Waals surface area contributed by atoms with E-state index in [1.54, 1.807) is 77.1 Å². The number of methoxy groups -OCH3 is 1. The van der Waals surface area contributed by atoms with Crippen LogP contribution in [0.25, 0.3) is 11.3 Å². The zero-order valence-electron chi connectivity index (χ0n) is 37.3. The summed E-state index contributed by atoms with van der Waals surface area (Å²) in [7, 11) is 3.17. The van der Waals surface area contributed by atoms with Crippen molar-refractivity contribution in [2.75, 3.05) is 39.7 Å². The van der Waals surface area contributed by atoms with Crippen molar-refractivity contribution in [2.24, 2.45) is 23.7 Å². The molecule has 3 aliphatic rings. The molecule has 3 fully saturated rings. The van der Waals surface area contributed by atoms with Crippen LogP contribution >= 0.6 is 0 Å². The predicted molar refractivity (Wildman–Crippen MR) is 221 cm³/mol. The number of amides is 1. The van der Waals surface area contributed by atoms with Crippen LogP contribution in [0.5, 0.6) is 0 Å². The first kappa shape index (κ1) is 47.9. The Hall–Kier alpha value is -4.10. The van der Waals surface area contributed by atoms with E-state index in [1.807, 2.05) is 17.7 Å². The van der Waals surface area contributed by atoms with Gasteiger partial charge in [-0.2, -0.15) is 0 Å². The number of aromatic nitrogens is 4. The monoisotopic (exact) mass is 859 g/mol. The van der Waals surface area contributed by atoms with Gasteiger partial charge in [0.15, 0.2) is 17.7 Å². The number of ketones is 2. The van der Waals surface area contributed by atoms with Crippen molar-refractivity contribution < 1.29 is 52.4 Å². The standard InChI is InChI=1S/C43H66FN7O10/c1-11-32-43(8)36(51(41(56)61-43)16-13-12-15-50-22-30(48-23-50)29-20-46-40(45)47-21-29)26(4)33(52)24(2)19-42(7,57-10)37(27(5)34(53)28(6)38(55)59-32)60-39-35(54)31(18-25(3)58-39)49(9)17-14-44/h20-28,31-32,35-37,39,54H,11-19H2,1-10H3,(H2,45,46,47)/t24-,25-,26+,27+,28-,31+,32-,35-,36+,37-,39+,42-,43-/m1/s1. The smallest absolute Gasteiger partial charge is 0.410 e. The molecule has 13 atom stereocenters. The third-order valence-electron chi connectivity index (χ3n) is 13.2. The molecule has 5 heterocycles. The lowest BCUT2D eigenvalue weighted by atomic mass is 9.73. The number of carbonyl (C=O) groups excluding carboxylic acids is 4. The molecule has 3 aliphatic heterocycles. The molecule has 0 aromatic carbocycles. The van der Waals surface area contributed by atoms with Gasteiger partial charge in [-0.3, -0.25) is 19.3 Å². The van der Waals surface area contributed by atoms with Gasteiger partial charge in [-0.1, -0.05) is 27.7 Å². The van der Waals surface area contributed by atoms with Crippen LogP contribution in [-0.2, 0) is 44.6 Å². The number of likely N-dealkylation sites (N-methyl/N-ethyl adjacent to an activating group) is 1. The zero-order chi connectivity index (χ0) is 45.0. The van der Waals surface area contributed by atoms with E-state index in [9.17, 15) is 28.7 Å². The van der Waals surface area contributed by atoms with E-state index in [1.165, 1.54) is 14.0 Å². The van der Waals surface area contributed by atoms with Gasteiger partial charge in [-0.15, -0.1) is 0 Å². The Labute approximate surface area is 358 Å². The van der Waals surface area contributed by atoms with Gasteiger partial charge in [0.25, 0.3) is 0 Å². The van der Waals surface area contributed by atoms with Crippen LogP contribution in [0, 0.1) is 23.7 Å². The number of carbonyl (C=O) groups is 4. The van der Waals surface area contributed by atoms with Crippen LogP contribution in [0.3, 0.4) is 0 Å². The van der Waals surface area contributed by atoms with Gasteiger partial charge < -0.3 is 44.0 Å². The minimum absolute atomic E-state index is 0.0716. The van der Waals surface area contributed by atoms with Crippen molar-refractivity contribution in [1.82, 2.24) is 29.3 Å². The highest BCUT2D eigenvalue weighted by Gasteiger charge is 2.60.